The highest BCUT2D eigenvalue weighted by Crippen LogP contribution is 2.36. The molecule has 1 N–H and O–H groups in total. The number of ether oxygens (including phenoxy) is 1. The number of benzene rings is 1. The first-order chi connectivity index (χ1) is 11.9. The number of methoxy groups -OCH3 is 1. The van der Waals surface area contributed by atoms with Crippen LogP contribution in [0.4, 0.5) is 4.79 Å². The second kappa shape index (κ2) is 6.78. The van der Waals surface area contributed by atoms with Gasteiger partial charge in [0.15, 0.2) is 0 Å². The van der Waals surface area contributed by atoms with Crippen LogP contribution in [-0.4, -0.2) is 49.0 Å². The Morgan fingerprint density at radius 3 is 2.52 bits per heavy atom. The Balaban J connectivity index is 1.91. The topological polar surface area (TPSA) is 61.9 Å². The minimum Gasteiger partial charge on any atom is -0.497 e. The van der Waals surface area contributed by atoms with Crippen LogP contribution < -0.4 is 10.1 Å². The van der Waals surface area contributed by atoms with Crippen LogP contribution in [0.2, 0.25) is 0 Å². The number of likely N-dealkylation sites (N-methyl/N-ethyl adjacent to an activating group) is 1. The number of nitrogens with one attached hydrogen (secondary N) is 1. The predicted octanol–water partition coefficient (Wildman–Crippen LogP) is 2.53. The lowest BCUT2D eigenvalue weighted by molar-refractivity contribution is -0.125. The van der Waals surface area contributed by atoms with Gasteiger partial charge in [0.05, 0.1) is 31.0 Å². The maximum atomic E-state index is 13.0. The summed E-state index contributed by atoms with van der Waals surface area (Å²) in [5, 5.41) is 2.95. The third-order valence-corrected chi connectivity index (χ3v) is 4.86. The van der Waals surface area contributed by atoms with E-state index in [1.807, 2.05) is 29.2 Å². The van der Waals surface area contributed by atoms with Crippen LogP contribution in [-0.2, 0) is 4.79 Å². The number of rotatable bonds is 5. The van der Waals surface area contributed by atoms with Crippen molar-refractivity contribution in [3.63, 3.8) is 0 Å². The van der Waals surface area contributed by atoms with Crippen LogP contribution >= 0.6 is 0 Å². The van der Waals surface area contributed by atoms with Crippen molar-refractivity contribution in [1.82, 2.24) is 15.1 Å². The highest BCUT2D eigenvalue weighted by Gasteiger charge is 2.42. The summed E-state index contributed by atoms with van der Waals surface area (Å²) in [4.78, 5) is 28.7. The van der Waals surface area contributed by atoms with Crippen molar-refractivity contribution in [3.05, 3.63) is 41.1 Å². The average molecular weight is 343 g/mol. The molecule has 0 saturated heterocycles. The number of hydrogen-bond acceptors (Lipinski definition) is 3. The molecule has 0 unspecified atom stereocenters. The Morgan fingerprint density at radius 2 is 1.92 bits per heavy atom. The van der Waals surface area contributed by atoms with E-state index in [4.69, 9.17) is 4.74 Å². The molecule has 0 radical (unpaired) electrons. The zero-order valence-corrected chi connectivity index (χ0v) is 15.2. The third kappa shape index (κ3) is 3.21. The van der Waals surface area contributed by atoms with Gasteiger partial charge in [-0.1, -0.05) is 26.0 Å². The molecule has 6 nitrogen and oxygen atoms in total. The fourth-order valence-corrected chi connectivity index (χ4v) is 3.26. The Hall–Kier alpha value is -2.50. The summed E-state index contributed by atoms with van der Waals surface area (Å²) in [7, 11) is 3.33. The lowest BCUT2D eigenvalue weighted by atomic mass is 9.95. The van der Waals surface area contributed by atoms with Crippen LogP contribution in [0.15, 0.2) is 35.5 Å². The molecule has 0 aromatic heterocycles. The molecular weight excluding hydrogens is 318 g/mol. The van der Waals surface area contributed by atoms with Gasteiger partial charge in [0.25, 0.3) is 5.91 Å². The highest BCUT2D eigenvalue weighted by atomic mass is 16.5. The van der Waals surface area contributed by atoms with E-state index in [1.165, 1.54) is 0 Å². The van der Waals surface area contributed by atoms with Crippen LogP contribution in [0.5, 0.6) is 5.75 Å². The standard InChI is InChI=1S/C19H25N3O3/c1-12(2)9-10-22-11-15-16(18(22)23)17(20-19(24)21(15)3)13-5-7-14(25-4)8-6-13/h5-8,12,17H,9-11H2,1-4H3,(H,20,24)/t17-/m0/s1. The molecular formula is C19H25N3O3. The van der Waals surface area contributed by atoms with E-state index in [9.17, 15) is 9.59 Å². The van der Waals surface area contributed by atoms with Crippen LogP contribution in [0.25, 0.3) is 0 Å². The van der Waals surface area contributed by atoms with Crippen LogP contribution in [0.3, 0.4) is 0 Å². The van der Waals surface area contributed by atoms with Crippen molar-refractivity contribution in [1.29, 1.82) is 0 Å². The Kier molecular flexibility index (Phi) is 4.70. The number of carbonyl (C=O) groups is 2. The highest BCUT2D eigenvalue weighted by molar-refractivity contribution is 6.01. The maximum Gasteiger partial charge on any atom is 0.322 e. The molecule has 0 fully saturated rings. The van der Waals surface area contributed by atoms with Crippen molar-refractivity contribution in [3.8, 4) is 5.75 Å². The van der Waals surface area contributed by atoms with Gasteiger partial charge in [-0.2, -0.15) is 0 Å². The predicted molar refractivity (Wildman–Crippen MR) is 95.1 cm³/mol. The third-order valence-electron chi connectivity index (χ3n) is 4.86. The number of hydrogen-bond donors (Lipinski definition) is 1. The van der Waals surface area contributed by atoms with Gasteiger partial charge in [0.2, 0.25) is 0 Å². The largest absolute Gasteiger partial charge is 0.497 e. The van der Waals surface area contributed by atoms with Crippen molar-refractivity contribution in [2.24, 2.45) is 5.92 Å². The van der Waals surface area contributed by atoms with Gasteiger partial charge in [0.1, 0.15) is 5.75 Å². The van der Waals surface area contributed by atoms with Gasteiger partial charge in [-0.25, -0.2) is 4.79 Å². The molecule has 1 aromatic rings. The minimum atomic E-state index is -0.416. The maximum absolute atomic E-state index is 13.0. The van der Waals surface area contributed by atoms with Crippen molar-refractivity contribution in [2.45, 2.75) is 26.3 Å². The number of nitrogens with zero attached hydrogens (tertiary/aromatic N) is 2. The van der Waals surface area contributed by atoms with Crippen molar-refractivity contribution < 1.29 is 14.3 Å². The Bertz CT molecular complexity index is 709. The second-order valence-corrected chi connectivity index (χ2v) is 6.98. The molecule has 0 aliphatic carbocycles. The fourth-order valence-electron chi connectivity index (χ4n) is 3.26. The smallest absolute Gasteiger partial charge is 0.322 e. The summed E-state index contributed by atoms with van der Waals surface area (Å²) in [5.74, 6) is 1.29. The quantitative estimate of drug-likeness (QED) is 0.894. The number of carbonyl (C=O) groups excluding carboxylic acids is 2. The number of urea groups is 1. The molecule has 2 aliphatic heterocycles. The first kappa shape index (κ1) is 17.3. The van der Waals surface area contributed by atoms with E-state index in [2.05, 4.69) is 19.2 Å². The molecule has 1 atom stereocenters. The first-order valence-corrected chi connectivity index (χ1v) is 8.63. The zero-order chi connectivity index (χ0) is 18.1. The van der Waals surface area contributed by atoms with Crippen molar-refractivity contribution in [2.75, 3.05) is 27.2 Å². The van der Waals surface area contributed by atoms with Crippen LogP contribution in [0.1, 0.15) is 31.9 Å². The lowest BCUT2D eigenvalue weighted by Gasteiger charge is -2.31. The normalized spacial score (nSPS) is 20.3. The van der Waals surface area contributed by atoms with E-state index >= 15 is 0 Å². The molecule has 2 aliphatic rings. The van der Waals surface area contributed by atoms with Gasteiger partial charge >= 0.3 is 6.03 Å². The van der Waals surface area contributed by atoms with E-state index in [0.29, 0.717) is 24.6 Å². The van der Waals surface area contributed by atoms with E-state index < -0.39 is 6.04 Å². The van der Waals surface area contributed by atoms with Gasteiger partial charge in [-0.15, -0.1) is 0 Å². The Labute approximate surface area is 148 Å². The number of amides is 3. The summed E-state index contributed by atoms with van der Waals surface area (Å²) < 4.78 is 5.19. The van der Waals surface area contributed by atoms with E-state index in [0.717, 1.165) is 23.4 Å². The fraction of sp³-hybridized carbons (Fsp3) is 0.474. The summed E-state index contributed by atoms with van der Waals surface area (Å²) >= 11 is 0. The molecule has 2 heterocycles. The molecule has 3 amide bonds. The molecule has 0 saturated carbocycles. The van der Waals surface area contributed by atoms with E-state index in [-0.39, 0.29) is 11.9 Å². The SMILES string of the molecule is COc1ccc([C@@H]2NC(=O)N(C)C3=C2C(=O)N(CCC(C)C)C3)cc1. The zero-order valence-electron chi connectivity index (χ0n) is 15.2. The first-order valence-electron chi connectivity index (χ1n) is 8.63. The molecule has 1 aromatic carbocycles. The summed E-state index contributed by atoms with van der Waals surface area (Å²) in [6.07, 6.45) is 0.949. The van der Waals surface area contributed by atoms with E-state index in [1.54, 1.807) is 19.1 Å². The average Bonchev–Trinajstić information content (AvgIpc) is 2.93. The summed E-state index contributed by atoms with van der Waals surface area (Å²) in [6, 6.07) is 6.87. The second-order valence-electron chi connectivity index (χ2n) is 6.98. The summed E-state index contributed by atoms with van der Waals surface area (Å²) in [5.41, 5.74) is 2.36. The molecule has 134 valence electrons. The molecule has 6 heteroatoms. The van der Waals surface area contributed by atoms with Gasteiger partial charge in [-0.05, 0) is 30.0 Å². The summed E-state index contributed by atoms with van der Waals surface area (Å²) in [6.45, 7) is 5.49. The molecule has 0 bridgehead atoms. The monoisotopic (exact) mass is 343 g/mol. The molecule has 0 spiro atoms. The Morgan fingerprint density at radius 1 is 1.24 bits per heavy atom. The van der Waals surface area contributed by atoms with Gasteiger partial charge in [0, 0.05) is 13.6 Å². The molecule has 3 rings (SSSR count). The molecule has 25 heavy (non-hydrogen) atoms. The van der Waals surface area contributed by atoms with Gasteiger partial charge in [-0.3, -0.25) is 9.69 Å². The minimum absolute atomic E-state index is 0.0170. The van der Waals surface area contributed by atoms with Gasteiger partial charge < -0.3 is 15.0 Å². The lowest BCUT2D eigenvalue weighted by Crippen LogP contribution is -2.45. The van der Waals surface area contributed by atoms with Crippen molar-refractivity contribution >= 4 is 11.9 Å². The van der Waals surface area contributed by atoms with Crippen LogP contribution in [0, 0.1) is 5.92 Å².